The predicted octanol–water partition coefficient (Wildman–Crippen LogP) is 0.705. The zero-order valence-corrected chi connectivity index (χ0v) is 8.07. The first-order valence-corrected chi connectivity index (χ1v) is 5.27. The van der Waals surface area contributed by atoms with E-state index in [1.54, 1.807) is 6.26 Å². The van der Waals surface area contributed by atoms with Crippen molar-refractivity contribution in [1.29, 1.82) is 0 Å². The molecule has 0 aromatic carbocycles. The molecule has 1 unspecified atom stereocenters. The maximum Gasteiger partial charge on any atom is 0.0359 e. The molecule has 0 aliphatic heterocycles. The molecule has 0 aromatic rings. The minimum Gasteiger partial charge on any atom is -0.303 e. The lowest BCUT2D eigenvalue weighted by atomic mass is 10.3. The average molecular weight is 163 g/mol. The van der Waals surface area contributed by atoms with Crippen molar-refractivity contribution in [1.82, 2.24) is 4.90 Å². The number of hydrogen-bond acceptors (Lipinski definition) is 2. The van der Waals surface area contributed by atoms with Gasteiger partial charge in [0, 0.05) is 35.4 Å². The van der Waals surface area contributed by atoms with E-state index in [0.717, 1.165) is 12.3 Å². The van der Waals surface area contributed by atoms with Crippen LogP contribution in [0.15, 0.2) is 0 Å². The van der Waals surface area contributed by atoms with Gasteiger partial charge in [0.1, 0.15) is 0 Å². The topological polar surface area (TPSA) is 20.3 Å². The van der Waals surface area contributed by atoms with Gasteiger partial charge in [0.25, 0.3) is 0 Å². The van der Waals surface area contributed by atoms with E-state index in [1.807, 2.05) is 0 Å². The van der Waals surface area contributed by atoms with Crippen LogP contribution < -0.4 is 0 Å². The van der Waals surface area contributed by atoms with Gasteiger partial charge in [0.15, 0.2) is 0 Å². The van der Waals surface area contributed by atoms with Crippen molar-refractivity contribution >= 4 is 10.8 Å². The molecule has 0 aliphatic carbocycles. The van der Waals surface area contributed by atoms with Gasteiger partial charge in [-0.2, -0.15) is 0 Å². The molecule has 3 heteroatoms. The van der Waals surface area contributed by atoms with Gasteiger partial charge in [-0.1, -0.05) is 0 Å². The lowest BCUT2D eigenvalue weighted by Gasteiger charge is -2.19. The van der Waals surface area contributed by atoms with Crippen molar-refractivity contribution < 1.29 is 4.21 Å². The molecule has 0 saturated heterocycles. The summed E-state index contributed by atoms with van der Waals surface area (Å²) in [5.74, 6) is 0.786. The molecular formula is C7H17NOS. The summed E-state index contributed by atoms with van der Waals surface area (Å²) in [5.41, 5.74) is 0. The SMILES string of the molecule is CC(C)N(C)CCS(C)=O. The minimum atomic E-state index is -0.644. The highest BCUT2D eigenvalue weighted by atomic mass is 32.2. The molecule has 1 atom stereocenters. The highest BCUT2D eigenvalue weighted by Gasteiger charge is 2.02. The van der Waals surface area contributed by atoms with Gasteiger partial charge < -0.3 is 4.90 Å². The molecule has 0 heterocycles. The van der Waals surface area contributed by atoms with Crippen LogP contribution in [0.3, 0.4) is 0 Å². The fourth-order valence-electron chi connectivity index (χ4n) is 0.531. The van der Waals surface area contributed by atoms with Crippen molar-refractivity contribution in [2.45, 2.75) is 19.9 Å². The zero-order valence-electron chi connectivity index (χ0n) is 7.26. The molecule has 0 bridgehead atoms. The third-order valence-electron chi connectivity index (χ3n) is 1.61. The van der Waals surface area contributed by atoms with Gasteiger partial charge in [0.05, 0.1) is 0 Å². The predicted molar refractivity (Wildman–Crippen MR) is 46.7 cm³/mol. The Morgan fingerprint density at radius 1 is 1.50 bits per heavy atom. The summed E-state index contributed by atoms with van der Waals surface area (Å²) in [6.45, 7) is 5.21. The van der Waals surface area contributed by atoms with E-state index in [2.05, 4.69) is 25.8 Å². The summed E-state index contributed by atoms with van der Waals surface area (Å²) in [6.07, 6.45) is 1.74. The van der Waals surface area contributed by atoms with Crippen molar-refractivity contribution in [2.24, 2.45) is 0 Å². The second kappa shape index (κ2) is 4.85. The Hall–Kier alpha value is 0.110. The Bertz CT molecular complexity index is 114. The van der Waals surface area contributed by atoms with E-state index in [1.165, 1.54) is 0 Å². The van der Waals surface area contributed by atoms with Crippen molar-refractivity contribution in [3.05, 3.63) is 0 Å². The maximum atomic E-state index is 10.7. The fourth-order valence-corrected chi connectivity index (χ4v) is 1.08. The molecular weight excluding hydrogens is 146 g/mol. The second-order valence-electron chi connectivity index (χ2n) is 2.85. The van der Waals surface area contributed by atoms with Crippen LogP contribution in [-0.2, 0) is 10.8 Å². The van der Waals surface area contributed by atoms with Crippen LogP contribution in [-0.4, -0.2) is 40.8 Å². The Labute approximate surface area is 66.1 Å². The van der Waals surface area contributed by atoms with Crippen LogP contribution >= 0.6 is 0 Å². The standard InChI is InChI=1S/C7H17NOS/c1-7(2)8(3)5-6-10(4)9/h7H,5-6H2,1-4H3. The van der Waals surface area contributed by atoms with Gasteiger partial charge in [-0.05, 0) is 20.9 Å². The van der Waals surface area contributed by atoms with Gasteiger partial charge in [-0.25, -0.2) is 0 Å². The molecule has 0 fully saturated rings. The van der Waals surface area contributed by atoms with Crippen LogP contribution in [0, 0.1) is 0 Å². The van der Waals surface area contributed by atoms with Gasteiger partial charge in [-0.3, -0.25) is 4.21 Å². The zero-order chi connectivity index (χ0) is 8.15. The minimum absolute atomic E-state index is 0.559. The van der Waals surface area contributed by atoms with Crippen molar-refractivity contribution in [2.75, 3.05) is 25.6 Å². The molecule has 0 radical (unpaired) electrons. The van der Waals surface area contributed by atoms with E-state index in [4.69, 9.17) is 0 Å². The highest BCUT2D eigenvalue weighted by Crippen LogP contribution is 1.92. The molecule has 0 rings (SSSR count). The third-order valence-corrected chi connectivity index (χ3v) is 2.37. The van der Waals surface area contributed by atoms with Gasteiger partial charge >= 0.3 is 0 Å². The van der Waals surface area contributed by atoms with E-state index in [9.17, 15) is 4.21 Å². The summed E-state index contributed by atoms with van der Waals surface area (Å²) >= 11 is 0. The van der Waals surface area contributed by atoms with Gasteiger partial charge in [0.2, 0.25) is 0 Å². The average Bonchev–Trinajstić information content (AvgIpc) is 1.82. The molecule has 0 N–H and O–H groups in total. The summed E-state index contributed by atoms with van der Waals surface area (Å²) < 4.78 is 10.7. The fraction of sp³-hybridized carbons (Fsp3) is 1.00. The molecule has 0 spiro atoms. The lowest BCUT2D eigenvalue weighted by molar-refractivity contribution is 0.290. The van der Waals surface area contributed by atoms with E-state index >= 15 is 0 Å². The molecule has 0 aliphatic rings. The molecule has 0 saturated carbocycles. The maximum absolute atomic E-state index is 10.7. The van der Waals surface area contributed by atoms with Crippen LogP contribution in [0.5, 0.6) is 0 Å². The Kier molecular flexibility index (Phi) is 4.91. The summed E-state index contributed by atoms with van der Waals surface area (Å²) in [5, 5.41) is 0. The Morgan fingerprint density at radius 2 is 2.00 bits per heavy atom. The van der Waals surface area contributed by atoms with Gasteiger partial charge in [-0.15, -0.1) is 0 Å². The highest BCUT2D eigenvalue weighted by molar-refractivity contribution is 7.84. The van der Waals surface area contributed by atoms with E-state index < -0.39 is 10.8 Å². The Morgan fingerprint density at radius 3 is 2.30 bits per heavy atom. The molecule has 62 valence electrons. The summed E-state index contributed by atoms with van der Waals surface area (Å²) in [4.78, 5) is 2.20. The van der Waals surface area contributed by atoms with E-state index in [-0.39, 0.29) is 0 Å². The van der Waals surface area contributed by atoms with Crippen LogP contribution in [0.1, 0.15) is 13.8 Å². The normalized spacial score (nSPS) is 14.6. The van der Waals surface area contributed by atoms with Crippen LogP contribution in [0.4, 0.5) is 0 Å². The first kappa shape index (κ1) is 10.1. The van der Waals surface area contributed by atoms with Crippen LogP contribution in [0.2, 0.25) is 0 Å². The summed E-state index contributed by atoms with van der Waals surface area (Å²) in [7, 11) is 1.41. The smallest absolute Gasteiger partial charge is 0.0359 e. The number of nitrogens with zero attached hydrogens (tertiary/aromatic N) is 1. The third kappa shape index (κ3) is 4.94. The first-order chi connectivity index (χ1) is 4.54. The number of hydrogen-bond donors (Lipinski definition) is 0. The lowest BCUT2D eigenvalue weighted by Crippen LogP contribution is -2.29. The molecule has 10 heavy (non-hydrogen) atoms. The Balaban J connectivity index is 3.39. The molecule has 0 aromatic heterocycles. The van der Waals surface area contributed by atoms with Crippen LogP contribution in [0.25, 0.3) is 0 Å². The molecule has 0 amide bonds. The first-order valence-electron chi connectivity index (χ1n) is 3.54. The largest absolute Gasteiger partial charge is 0.303 e. The van der Waals surface area contributed by atoms with E-state index in [0.29, 0.717) is 6.04 Å². The number of rotatable bonds is 4. The quantitative estimate of drug-likeness (QED) is 0.608. The van der Waals surface area contributed by atoms with Crippen molar-refractivity contribution in [3.8, 4) is 0 Å². The second-order valence-corrected chi connectivity index (χ2v) is 4.41. The summed E-state index contributed by atoms with van der Waals surface area (Å²) in [6, 6.07) is 0.559. The van der Waals surface area contributed by atoms with Crippen molar-refractivity contribution in [3.63, 3.8) is 0 Å². The molecule has 2 nitrogen and oxygen atoms in total. The monoisotopic (exact) mass is 163 g/mol.